The lowest BCUT2D eigenvalue weighted by molar-refractivity contribution is -0.184. The first kappa shape index (κ1) is 19.3. The molecule has 0 radical (unpaired) electrons. The van der Waals surface area contributed by atoms with Crippen molar-refractivity contribution in [3.63, 3.8) is 0 Å². The van der Waals surface area contributed by atoms with Gasteiger partial charge in [-0.1, -0.05) is 42.5 Å². The number of rotatable bonds is 5. The molecule has 0 aromatic heterocycles. The maximum atomic E-state index is 12.4. The molecule has 0 aliphatic carbocycles. The van der Waals surface area contributed by atoms with Gasteiger partial charge < -0.3 is 15.5 Å². The van der Waals surface area contributed by atoms with Gasteiger partial charge in [-0.2, -0.15) is 13.2 Å². The van der Waals surface area contributed by atoms with Crippen LogP contribution in [0, 0.1) is 0 Å². The number of hydrogen-bond donors (Lipinski definition) is 2. The molecule has 0 heterocycles. The Bertz CT molecular complexity index is 764. The van der Waals surface area contributed by atoms with Crippen molar-refractivity contribution in [3.05, 3.63) is 65.7 Å². The summed E-state index contributed by atoms with van der Waals surface area (Å²) >= 11 is 0. The van der Waals surface area contributed by atoms with Crippen LogP contribution in [0.2, 0.25) is 0 Å². The molecule has 0 spiro atoms. The van der Waals surface area contributed by atoms with Crippen LogP contribution in [0.5, 0.6) is 0 Å². The maximum absolute atomic E-state index is 12.4. The first-order valence-corrected chi connectivity index (χ1v) is 7.75. The van der Waals surface area contributed by atoms with E-state index >= 15 is 0 Å². The fraction of sp³-hybridized carbons (Fsp3) is 0.222. The first-order valence-electron chi connectivity index (χ1n) is 7.75. The van der Waals surface area contributed by atoms with E-state index in [1.807, 2.05) is 30.3 Å². The van der Waals surface area contributed by atoms with Crippen LogP contribution in [0.3, 0.4) is 0 Å². The van der Waals surface area contributed by atoms with Crippen LogP contribution in [0.4, 0.5) is 23.7 Å². The van der Waals surface area contributed by atoms with Crippen LogP contribution in [-0.2, 0) is 17.9 Å². The largest absolute Gasteiger partial charge is 0.471 e. The Hall–Kier alpha value is -3.03. The Morgan fingerprint density at radius 1 is 1.00 bits per heavy atom. The Morgan fingerprint density at radius 3 is 2.31 bits per heavy atom. The fourth-order valence-corrected chi connectivity index (χ4v) is 2.26. The molecule has 0 aliphatic rings. The lowest BCUT2D eigenvalue weighted by Crippen LogP contribution is -2.37. The van der Waals surface area contributed by atoms with Crippen LogP contribution in [-0.4, -0.2) is 30.1 Å². The van der Waals surface area contributed by atoms with E-state index in [0.29, 0.717) is 22.7 Å². The number of benzene rings is 2. The Kier molecular flexibility index (Phi) is 6.21. The lowest BCUT2D eigenvalue weighted by Gasteiger charge is -2.19. The Labute approximate surface area is 148 Å². The highest BCUT2D eigenvalue weighted by molar-refractivity contribution is 5.89. The van der Waals surface area contributed by atoms with Gasteiger partial charge in [-0.25, -0.2) is 4.79 Å². The van der Waals surface area contributed by atoms with Crippen molar-refractivity contribution in [1.29, 1.82) is 0 Å². The zero-order chi connectivity index (χ0) is 19.2. The third-order valence-electron chi connectivity index (χ3n) is 3.49. The second kappa shape index (κ2) is 8.37. The molecule has 2 aromatic carbocycles. The highest BCUT2D eigenvalue weighted by Crippen LogP contribution is 2.19. The van der Waals surface area contributed by atoms with E-state index in [2.05, 4.69) is 10.6 Å². The van der Waals surface area contributed by atoms with E-state index in [-0.39, 0.29) is 6.54 Å². The molecule has 0 saturated heterocycles. The molecule has 2 N–H and O–H groups in total. The minimum absolute atomic E-state index is 0.223. The minimum Gasteiger partial charge on any atom is -0.334 e. The zero-order valence-electron chi connectivity index (χ0n) is 14.0. The molecule has 0 aliphatic heterocycles. The zero-order valence-corrected chi connectivity index (χ0v) is 14.0. The molecule has 0 fully saturated rings. The Balaban J connectivity index is 1.92. The summed E-state index contributed by atoms with van der Waals surface area (Å²) in [6.07, 6.45) is -4.91. The molecule has 0 bridgehead atoms. The summed E-state index contributed by atoms with van der Waals surface area (Å²) in [5, 5.41) is 5.29. The summed E-state index contributed by atoms with van der Waals surface area (Å²) in [5.41, 5.74) is 1.82. The van der Waals surface area contributed by atoms with Crippen molar-refractivity contribution in [2.24, 2.45) is 0 Å². The molecule has 2 aromatic rings. The van der Waals surface area contributed by atoms with E-state index in [4.69, 9.17) is 0 Å². The monoisotopic (exact) mass is 365 g/mol. The number of nitrogens with one attached hydrogen (secondary N) is 2. The number of amides is 3. The van der Waals surface area contributed by atoms with Crippen LogP contribution in [0.15, 0.2) is 54.6 Å². The van der Waals surface area contributed by atoms with Crippen molar-refractivity contribution < 1.29 is 22.8 Å². The normalized spacial score (nSPS) is 10.9. The molecule has 0 saturated carbocycles. The van der Waals surface area contributed by atoms with Crippen LogP contribution < -0.4 is 10.6 Å². The van der Waals surface area contributed by atoms with Crippen LogP contribution in [0.1, 0.15) is 11.1 Å². The molecule has 3 amide bonds. The molecular formula is C18H18F3N3O2. The molecule has 0 unspecified atom stereocenters. The summed E-state index contributed by atoms with van der Waals surface area (Å²) in [4.78, 5) is 23.7. The van der Waals surface area contributed by atoms with E-state index < -0.39 is 18.1 Å². The standard InChI is InChI=1S/C18H18F3N3O2/c1-24(16(25)18(19,20)21)12-14-8-5-9-15(10-14)23-17(26)22-11-13-6-3-2-4-7-13/h2-10H,11-12H2,1H3,(H2,22,23,26). The topological polar surface area (TPSA) is 61.4 Å². The summed E-state index contributed by atoms with van der Waals surface area (Å²) in [6, 6.07) is 15.2. The molecular weight excluding hydrogens is 347 g/mol. The van der Waals surface area contributed by atoms with Crippen molar-refractivity contribution in [3.8, 4) is 0 Å². The number of carbonyl (C=O) groups is 2. The van der Waals surface area contributed by atoms with Crippen LogP contribution >= 0.6 is 0 Å². The fourth-order valence-electron chi connectivity index (χ4n) is 2.26. The maximum Gasteiger partial charge on any atom is 0.471 e. The Morgan fingerprint density at radius 2 is 1.65 bits per heavy atom. The predicted molar refractivity (Wildman–Crippen MR) is 91.3 cm³/mol. The first-order chi connectivity index (χ1) is 12.3. The third-order valence-corrected chi connectivity index (χ3v) is 3.49. The second-order valence-electron chi connectivity index (χ2n) is 5.65. The number of hydrogen-bond acceptors (Lipinski definition) is 2. The minimum atomic E-state index is -4.91. The highest BCUT2D eigenvalue weighted by atomic mass is 19.4. The van der Waals surface area contributed by atoms with Gasteiger partial charge in [0, 0.05) is 25.8 Å². The van der Waals surface area contributed by atoms with Gasteiger partial charge in [0.2, 0.25) is 0 Å². The third kappa shape index (κ3) is 5.80. The average Bonchev–Trinajstić information content (AvgIpc) is 2.59. The van der Waals surface area contributed by atoms with Gasteiger partial charge in [-0.15, -0.1) is 0 Å². The number of nitrogens with zero attached hydrogens (tertiary/aromatic N) is 1. The molecule has 26 heavy (non-hydrogen) atoms. The van der Waals surface area contributed by atoms with Gasteiger partial charge in [0.1, 0.15) is 0 Å². The summed E-state index contributed by atoms with van der Waals surface area (Å²) in [5.74, 6) is -1.92. The second-order valence-corrected chi connectivity index (χ2v) is 5.65. The number of urea groups is 1. The highest BCUT2D eigenvalue weighted by Gasteiger charge is 2.41. The van der Waals surface area contributed by atoms with Crippen molar-refractivity contribution in [2.75, 3.05) is 12.4 Å². The van der Waals surface area contributed by atoms with E-state index in [1.54, 1.807) is 18.2 Å². The number of alkyl halides is 3. The molecule has 5 nitrogen and oxygen atoms in total. The predicted octanol–water partition coefficient (Wildman–Crippen LogP) is 3.53. The average molecular weight is 365 g/mol. The van der Waals surface area contributed by atoms with Crippen molar-refractivity contribution >= 4 is 17.6 Å². The summed E-state index contributed by atoms with van der Waals surface area (Å²) in [7, 11) is 1.07. The van der Waals surface area contributed by atoms with Gasteiger partial charge >= 0.3 is 18.1 Å². The number of halogens is 3. The van der Waals surface area contributed by atoms with E-state index in [1.165, 1.54) is 6.07 Å². The van der Waals surface area contributed by atoms with Gasteiger partial charge in [0.25, 0.3) is 0 Å². The molecule has 2 rings (SSSR count). The van der Waals surface area contributed by atoms with Gasteiger partial charge in [0.15, 0.2) is 0 Å². The molecule has 138 valence electrons. The SMILES string of the molecule is CN(Cc1cccc(NC(=O)NCc2ccccc2)c1)C(=O)C(F)(F)F. The molecule has 0 atom stereocenters. The number of carbonyl (C=O) groups excluding carboxylic acids is 2. The molecule has 8 heteroatoms. The van der Waals surface area contributed by atoms with Crippen molar-refractivity contribution in [1.82, 2.24) is 10.2 Å². The summed E-state index contributed by atoms with van der Waals surface area (Å²) in [6.45, 7) is 0.120. The smallest absolute Gasteiger partial charge is 0.334 e. The van der Waals surface area contributed by atoms with E-state index in [9.17, 15) is 22.8 Å². The number of anilines is 1. The van der Waals surface area contributed by atoms with Crippen molar-refractivity contribution in [2.45, 2.75) is 19.3 Å². The van der Waals surface area contributed by atoms with Crippen LogP contribution in [0.25, 0.3) is 0 Å². The van der Waals surface area contributed by atoms with Gasteiger partial charge in [-0.05, 0) is 23.3 Å². The summed E-state index contributed by atoms with van der Waals surface area (Å²) < 4.78 is 37.3. The van der Waals surface area contributed by atoms with E-state index in [0.717, 1.165) is 12.6 Å². The van der Waals surface area contributed by atoms with Gasteiger partial charge in [-0.3, -0.25) is 4.79 Å². The lowest BCUT2D eigenvalue weighted by atomic mass is 10.2. The van der Waals surface area contributed by atoms with Gasteiger partial charge in [0.05, 0.1) is 0 Å². The quantitative estimate of drug-likeness (QED) is 0.852.